The Kier molecular flexibility index (Phi) is 14.8. The van der Waals surface area contributed by atoms with Gasteiger partial charge in [-0.05, 0) is 25.8 Å². The molecule has 0 spiro atoms. The third-order valence-electron chi connectivity index (χ3n) is 8.85. The number of thioether (sulfide) groups is 1. The molecule has 5 amide bonds. The highest BCUT2D eigenvalue weighted by atomic mass is 32.2. The largest absolute Gasteiger partial charge is 0.493 e. The molecule has 1 aromatic rings. The molecule has 20 nitrogen and oxygen atoms in total. The molecular formula is C32H46N8O12S. The summed E-state index contributed by atoms with van der Waals surface area (Å²) < 4.78 is 26.0. The van der Waals surface area contributed by atoms with Gasteiger partial charge in [-0.15, -0.1) is 0 Å². The molecule has 3 aliphatic rings. The van der Waals surface area contributed by atoms with E-state index in [1.54, 1.807) is 6.92 Å². The summed E-state index contributed by atoms with van der Waals surface area (Å²) in [6.45, 7) is 1.03. The second kappa shape index (κ2) is 19.2. The number of rotatable bonds is 22. The molecule has 0 aromatic heterocycles. The lowest BCUT2D eigenvalue weighted by molar-refractivity contribution is -0.385. The molecule has 3 aliphatic heterocycles. The van der Waals surface area contributed by atoms with Gasteiger partial charge in [0.05, 0.1) is 63.2 Å². The van der Waals surface area contributed by atoms with Crippen LogP contribution in [0.25, 0.3) is 0 Å². The van der Waals surface area contributed by atoms with Crippen molar-refractivity contribution in [3.63, 3.8) is 0 Å². The highest BCUT2D eigenvalue weighted by Gasteiger charge is 2.43. The minimum atomic E-state index is -1.62. The van der Waals surface area contributed by atoms with Crippen molar-refractivity contribution < 1.29 is 52.6 Å². The number of nitrogens with zero attached hydrogens (tertiary/aromatic N) is 4. The Morgan fingerprint density at radius 2 is 1.81 bits per heavy atom. The van der Waals surface area contributed by atoms with Gasteiger partial charge >= 0.3 is 18.1 Å². The zero-order valence-electron chi connectivity index (χ0n) is 30.0. The normalized spacial score (nSPS) is 19.5. The van der Waals surface area contributed by atoms with E-state index in [0.717, 1.165) is 43.1 Å². The molecule has 4 atom stereocenters. The highest BCUT2D eigenvalue weighted by molar-refractivity contribution is 8.00. The van der Waals surface area contributed by atoms with Gasteiger partial charge in [0.2, 0.25) is 11.8 Å². The first-order valence-electron chi connectivity index (χ1n) is 17.0. The molecule has 53 heavy (non-hydrogen) atoms. The zero-order valence-corrected chi connectivity index (χ0v) is 30.9. The summed E-state index contributed by atoms with van der Waals surface area (Å²) in [5.74, 6) is -1.29. The van der Waals surface area contributed by atoms with Crippen LogP contribution in [0.1, 0.15) is 50.6 Å². The van der Waals surface area contributed by atoms with Crippen LogP contribution in [0, 0.1) is 10.1 Å². The topological polar surface area (TPSA) is 251 Å². The van der Waals surface area contributed by atoms with Gasteiger partial charge < -0.3 is 49.9 Å². The number of carbonyl (C=O) groups is 5. The summed E-state index contributed by atoms with van der Waals surface area (Å²) in [7, 11) is 3.73. The van der Waals surface area contributed by atoms with E-state index >= 15 is 0 Å². The van der Waals surface area contributed by atoms with Crippen LogP contribution in [-0.2, 0) is 28.6 Å². The van der Waals surface area contributed by atoms with E-state index in [-0.39, 0.29) is 74.4 Å². The van der Waals surface area contributed by atoms with Crippen molar-refractivity contribution in [2.75, 3.05) is 66.5 Å². The van der Waals surface area contributed by atoms with Crippen molar-refractivity contribution in [3.05, 3.63) is 27.8 Å². The molecule has 2 fully saturated rings. The average Bonchev–Trinajstić information content (AvgIpc) is 3.60. The Hall–Kier alpha value is -4.92. The van der Waals surface area contributed by atoms with E-state index in [9.17, 15) is 34.1 Å². The van der Waals surface area contributed by atoms with Crippen LogP contribution in [-0.4, -0.2) is 129 Å². The number of urea groups is 1. The van der Waals surface area contributed by atoms with E-state index < -0.39 is 52.7 Å². The minimum absolute atomic E-state index is 0.0195. The van der Waals surface area contributed by atoms with Gasteiger partial charge in [-0.25, -0.2) is 9.59 Å². The number of hydrogen-bond acceptors (Lipinski definition) is 15. The van der Waals surface area contributed by atoms with Gasteiger partial charge in [-0.3, -0.25) is 24.5 Å². The summed E-state index contributed by atoms with van der Waals surface area (Å²) >= 11 is 1.83. The first kappa shape index (κ1) is 40.8. The number of nitro benzene ring substituents is 1. The molecule has 0 bridgehead atoms. The number of amides is 5. The number of hydrogen-bond donors (Lipinski definition) is 4. The summed E-state index contributed by atoms with van der Waals surface area (Å²) in [6.07, 6.45) is 1.98. The lowest BCUT2D eigenvalue weighted by atomic mass is 9.99. The van der Waals surface area contributed by atoms with Crippen molar-refractivity contribution >= 4 is 47.4 Å². The van der Waals surface area contributed by atoms with Gasteiger partial charge in [-0.1, -0.05) is 6.42 Å². The quantitative estimate of drug-likeness (QED) is 0.0433. The molecule has 4 N–H and O–H groups in total. The number of esters is 1. The lowest BCUT2D eigenvalue weighted by Crippen LogP contribution is -2.46. The fourth-order valence-electron chi connectivity index (χ4n) is 5.92. The third kappa shape index (κ3) is 11.5. The molecule has 2 saturated heterocycles. The van der Waals surface area contributed by atoms with Gasteiger partial charge in [0.15, 0.2) is 17.2 Å². The van der Waals surface area contributed by atoms with Crippen LogP contribution in [0.5, 0.6) is 11.5 Å². The van der Waals surface area contributed by atoms with E-state index in [1.165, 1.54) is 20.3 Å². The Labute approximate surface area is 309 Å². The van der Waals surface area contributed by atoms with Crippen molar-refractivity contribution in [3.8, 4) is 11.5 Å². The maximum atomic E-state index is 13.8. The molecule has 292 valence electrons. The summed E-state index contributed by atoms with van der Waals surface area (Å²) in [6, 6.07) is 0.861. The maximum absolute atomic E-state index is 13.8. The number of alkyl carbamates (subject to hydrolysis) is 1. The standard InChI is InChI=1S/C32H46N8O12S/c1-32(37-38-32)9-8-25(41)39(28(29(43)34-17-26(42)50-4)19-15-22(48-2)23(49-3)16-21(19)40(46)47)11-12-51-13-14-52-31(45)33-10-6-5-7-24-27-20(18-53-24)35-30(44)36-27/h15-16,20,24,27-28H,5-14,17-18H2,1-4H3,(H,33,45)(H,34,43)(H2,35,36,44). The Morgan fingerprint density at radius 3 is 2.49 bits per heavy atom. The molecule has 0 aliphatic carbocycles. The smallest absolute Gasteiger partial charge is 0.407 e. The van der Waals surface area contributed by atoms with Crippen LogP contribution in [0.3, 0.4) is 0 Å². The van der Waals surface area contributed by atoms with Crippen LogP contribution in [0.2, 0.25) is 0 Å². The Bertz CT molecular complexity index is 1540. The second-order valence-electron chi connectivity index (χ2n) is 12.5. The molecule has 1 aromatic carbocycles. The number of unbranched alkanes of at least 4 members (excludes halogenated alkanes) is 1. The fourth-order valence-corrected chi connectivity index (χ4v) is 7.47. The number of carbonyl (C=O) groups excluding carboxylic acids is 5. The van der Waals surface area contributed by atoms with Crippen molar-refractivity contribution in [1.29, 1.82) is 0 Å². The van der Waals surface area contributed by atoms with Gasteiger partial charge in [-0.2, -0.15) is 22.0 Å². The molecule has 0 radical (unpaired) electrons. The summed E-state index contributed by atoms with van der Waals surface area (Å²) in [5, 5.41) is 31.4. The Morgan fingerprint density at radius 1 is 1.08 bits per heavy atom. The zero-order chi connectivity index (χ0) is 38.5. The maximum Gasteiger partial charge on any atom is 0.407 e. The van der Waals surface area contributed by atoms with Crippen LogP contribution in [0.4, 0.5) is 15.3 Å². The number of ether oxygens (including phenoxy) is 5. The molecule has 21 heteroatoms. The van der Waals surface area contributed by atoms with Gasteiger partial charge in [0.1, 0.15) is 19.2 Å². The fraction of sp³-hybridized carbons (Fsp3) is 0.656. The average molecular weight is 767 g/mol. The monoisotopic (exact) mass is 766 g/mol. The molecular weight excluding hydrogens is 720 g/mol. The predicted molar refractivity (Wildman–Crippen MR) is 188 cm³/mol. The number of benzene rings is 1. The lowest BCUT2D eigenvalue weighted by Gasteiger charge is -2.31. The van der Waals surface area contributed by atoms with E-state index in [1.807, 2.05) is 11.8 Å². The van der Waals surface area contributed by atoms with E-state index in [4.69, 9.17) is 18.9 Å². The number of nitro groups is 1. The third-order valence-corrected chi connectivity index (χ3v) is 10.4. The highest BCUT2D eigenvalue weighted by Crippen LogP contribution is 2.40. The predicted octanol–water partition coefficient (Wildman–Crippen LogP) is 1.81. The van der Waals surface area contributed by atoms with Gasteiger partial charge in [0.25, 0.3) is 5.69 Å². The molecule has 4 unspecified atom stereocenters. The first-order valence-corrected chi connectivity index (χ1v) is 18.1. The summed E-state index contributed by atoms with van der Waals surface area (Å²) in [5.41, 5.74) is -1.49. The first-order chi connectivity index (χ1) is 25.4. The second-order valence-corrected chi connectivity index (χ2v) is 13.8. The van der Waals surface area contributed by atoms with Gasteiger partial charge in [0, 0.05) is 36.9 Å². The van der Waals surface area contributed by atoms with Crippen LogP contribution < -0.4 is 30.7 Å². The number of nitrogens with one attached hydrogen (secondary N) is 4. The van der Waals surface area contributed by atoms with Crippen molar-refractivity contribution in [2.45, 2.75) is 68.1 Å². The minimum Gasteiger partial charge on any atom is -0.493 e. The van der Waals surface area contributed by atoms with Crippen LogP contribution >= 0.6 is 11.8 Å². The SMILES string of the molecule is COC(=O)CNC(=O)C(c1cc(OC)c(OC)cc1[N+](=O)[O-])N(CCOCCOC(=O)NCCCCC1SCC2NC(=O)NC21)C(=O)CCC1(C)N=N1. The summed E-state index contributed by atoms with van der Waals surface area (Å²) in [4.78, 5) is 75.8. The van der Waals surface area contributed by atoms with Crippen molar-refractivity contribution in [1.82, 2.24) is 26.2 Å². The molecule has 0 saturated carbocycles. The van der Waals surface area contributed by atoms with Crippen LogP contribution in [0.15, 0.2) is 22.4 Å². The number of fused-ring (bicyclic) bond motifs is 1. The number of methoxy groups -OCH3 is 3. The van der Waals surface area contributed by atoms with Crippen molar-refractivity contribution in [2.24, 2.45) is 10.2 Å². The molecule has 3 heterocycles. The van der Waals surface area contributed by atoms with E-state index in [2.05, 4.69) is 36.2 Å². The van der Waals surface area contributed by atoms with E-state index in [0.29, 0.717) is 11.8 Å². The Balaban J connectivity index is 1.34. The molecule has 4 rings (SSSR count).